The van der Waals surface area contributed by atoms with Crippen LogP contribution in [0.4, 0.5) is 5.82 Å². The van der Waals surface area contributed by atoms with Crippen LogP contribution >= 0.6 is 0 Å². The zero-order valence-corrected chi connectivity index (χ0v) is 11.8. The van der Waals surface area contributed by atoms with E-state index in [9.17, 15) is 0 Å². The normalized spacial score (nSPS) is 11.4. The number of benzene rings is 1. The van der Waals surface area contributed by atoms with Crippen molar-refractivity contribution in [2.75, 3.05) is 5.73 Å². The van der Waals surface area contributed by atoms with E-state index in [1.807, 2.05) is 52.0 Å². The fourth-order valence-corrected chi connectivity index (χ4v) is 1.79. The molecule has 1 aromatic heterocycles. The summed E-state index contributed by atoms with van der Waals surface area (Å²) in [7, 11) is 0. The Bertz CT molecular complexity index is 551. The summed E-state index contributed by atoms with van der Waals surface area (Å²) in [5, 5.41) is 0. The Kier molecular flexibility index (Phi) is 3.42. The third-order valence-corrected chi connectivity index (χ3v) is 2.43. The summed E-state index contributed by atoms with van der Waals surface area (Å²) in [6.45, 7) is 7.90. The van der Waals surface area contributed by atoms with Gasteiger partial charge in [-0.15, -0.1) is 0 Å². The Hall–Kier alpha value is -2.10. The highest BCUT2D eigenvalue weighted by molar-refractivity contribution is 5.62. The minimum absolute atomic E-state index is 0.197. The van der Waals surface area contributed by atoms with Gasteiger partial charge in [-0.05, 0) is 52.0 Å². The van der Waals surface area contributed by atoms with Crippen LogP contribution in [0.1, 0.15) is 26.6 Å². The first-order valence-electron chi connectivity index (χ1n) is 6.24. The van der Waals surface area contributed by atoms with Crippen LogP contribution in [0.3, 0.4) is 0 Å². The third kappa shape index (κ3) is 3.68. The molecule has 4 nitrogen and oxygen atoms in total. The van der Waals surface area contributed by atoms with Crippen LogP contribution in [0.5, 0.6) is 5.75 Å². The second kappa shape index (κ2) is 4.88. The predicted molar refractivity (Wildman–Crippen MR) is 77.0 cm³/mol. The number of nitrogen functional groups attached to an aromatic ring is 1. The van der Waals surface area contributed by atoms with Crippen molar-refractivity contribution in [3.8, 4) is 17.0 Å². The molecule has 0 bridgehead atoms. The van der Waals surface area contributed by atoms with Crippen LogP contribution in [-0.2, 0) is 0 Å². The molecule has 0 aliphatic carbocycles. The molecule has 0 aliphatic rings. The van der Waals surface area contributed by atoms with Gasteiger partial charge in [0.15, 0.2) is 0 Å². The second-order valence-corrected chi connectivity index (χ2v) is 5.46. The summed E-state index contributed by atoms with van der Waals surface area (Å²) in [6, 6.07) is 9.60. The van der Waals surface area contributed by atoms with Crippen LogP contribution in [-0.4, -0.2) is 15.6 Å². The largest absolute Gasteiger partial charge is 0.488 e. The minimum Gasteiger partial charge on any atom is -0.488 e. The van der Waals surface area contributed by atoms with Gasteiger partial charge in [0.05, 0.1) is 5.69 Å². The van der Waals surface area contributed by atoms with Gasteiger partial charge >= 0.3 is 0 Å². The van der Waals surface area contributed by atoms with Crippen molar-refractivity contribution in [3.05, 3.63) is 36.2 Å². The number of hydrogen-bond acceptors (Lipinski definition) is 4. The van der Waals surface area contributed by atoms with E-state index in [2.05, 4.69) is 9.97 Å². The fourth-order valence-electron chi connectivity index (χ4n) is 1.79. The highest BCUT2D eigenvalue weighted by atomic mass is 16.5. The lowest BCUT2D eigenvalue weighted by Crippen LogP contribution is -2.22. The average molecular weight is 257 g/mol. The number of nitrogens with zero attached hydrogens (tertiary/aromatic N) is 2. The average Bonchev–Trinajstić information content (AvgIpc) is 2.26. The van der Waals surface area contributed by atoms with Gasteiger partial charge in [0.2, 0.25) is 0 Å². The summed E-state index contributed by atoms with van der Waals surface area (Å²) in [6.07, 6.45) is 0. The molecule has 0 saturated carbocycles. The molecular formula is C15H19N3O. The lowest BCUT2D eigenvalue weighted by Gasteiger charge is -2.21. The molecule has 0 saturated heterocycles. The molecule has 0 atom stereocenters. The van der Waals surface area contributed by atoms with Gasteiger partial charge in [0, 0.05) is 11.6 Å². The molecule has 19 heavy (non-hydrogen) atoms. The Balaban J connectivity index is 2.27. The number of nitrogens with two attached hydrogens (primary N) is 1. The van der Waals surface area contributed by atoms with Crippen molar-refractivity contribution >= 4 is 5.82 Å². The highest BCUT2D eigenvalue weighted by Crippen LogP contribution is 2.24. The van der Waals surface area contributed by atoms with E-state index >= 15 is 0 Å². The maximum atomic E-state index is 5.78. The molecule has 2 rings (SSSR count). The van der Waals surface area contributed by atoms with Gasteiger partial charge in [-0.3, -0.25) is 0 Å². The van der Waals surface area contributed by atoms with Crippen molar-refractivity contribution in [2.24, 2.45) is 0 Å². The number of aromatic nitrogens is 2. The van der Waals surface area contributed by atoms with E-state index in [4.69, 9.17) is 10.5 Å². The zero-order valence-electron chi connectivity index (χ0n) is 11.8. The monoisotopic (exact) mass is 257 g/mol. The van der Waals surface area contributed by atoms with Gasteiger partial charge in [0.25, 0.3) is 0 Å². The first-order chi connectivity index (χ1) is 8.83. The maximum absolute atomic E-state index is 5.78. The summed E-state index contributed by atoms with van der Waals surface area (Å²) in [5.41, 5.74) is 7.36. The molecule has 2 N–H and O–H groups in total. The van der Waals surface area contributed by atoms with Gasteiger partial charge in [0.1, 0.15) is 23.0 Å². The van der Waals surface area contributed by atoms with Gasteiger partial charge in [-0.2, -0.15) is 0 Å². The van der Waals surface area contributed by atoms with Crippen molar-refractivity contribution < 1.29 is 4.74 Å². The van der Waals surface area contributed by atoms with E-state index < -0.39 is 0 Å². The second-order valence-electron chi connectivity index (χ2n) is 5.46. The predicted octanol–water partition coefficient (Wildman–Crippen LogP) is 3.21. The molecule has 2 aromatic rings. The van der Waals surface area contributed by atoms with Gasteiger partial charge < -0.3 is 10.5 Å². The summed E-state index contributed by atoms with van der Waals surface area (Å²) < 4.78 is 5.78. The third-order valence-electron chi connectivity index (χ3n) is 2.43. The molecule has 0 aliphatic heterocycles. The number of rotatable bonds is 2. The van der Waals surface area contributed by atoms with E-state index in [1.54, 1.807) is 6.07 Å². The molecule has 4 heteroatoms. The van der Waals surface area contributed by atoms with E-state index in [-0.39, 0.29) is 5.60 Å². The molecule has 1 heterocycles. The summed E-state index contributed by atoms with van der Waals surface area (Å²) >= 11 is 0. The lowest BCUT2D eigenvalue weighted by molar-refractivity contribution is 0.131. The zero-order chi connectivity index (χ0) is 14.0. The summed E-state index contributed by atoms with van der Waals surface area (Å²) in [4.78, 5) is 8.44. The smallest absolute Gasteiger partial charge is 0.128 e. The number of ether oxygens (including phenoxy) is 1. The summed E-state index contributed by atoms with van der Waals surface area (Å²) in [5.74, 6) is 2.00. The minimum atomic E-state index is -0.197. The Morgan fingerprint density at radius 2 is 1.68 bits per heavy atom. The Morgan fingerprint density at radius 1 is 1.05 bits per heavy atom. The molecule has 0 radical (unpaired) electrons. The topological polar surface area (TPSA) is 61.0 Å². The quantitative estimate of drug-likeness (QED) is 0.897. The number of aryl methyl sites for hydroxylation is 1. The molecule has 0 fully saturated rings. The first-order valence-corrected chi connectivity index (χ1v) is 6.24. The van der Waals surface area contributed by atoms with Gasteiger partial charge in [-0.25, -0.2) is 9.97 Å². The molecule has 0 amide bonds. The Labute approximate surface area is 113 Å². The van der Waals surface area contributed by atoms with E-state index in [0.29, 0.717) is 11.6 Å². The SMILES string of the molecule is Cc1nc(N)cc(-c2ccc(OC(C)(C)C)cc2)n1. The van der Waals surface area contributed by atoms with Crippen LogP contribution < -0.4 is 10.5 Å². The lowest BCUT2D eigenvalue weighted by atomic mass is 10.1. The molecule has 1 aromatic carbocycles. The number of anilines is 1. The number of hydrogen-bond donors (Lipinski definition) is 1. The fraction of sp³-hybridized carbons (Fsp3) is 0.333. The standard InChI is InChI=1S/C15H19N3O/c1-10-17-13(9-14(16)18-10)11-5-7-12(8-6-11)19-15(2,3)4/h5-9H,1-4H3,(H2,16,17,18). The molecule has 100 valence electrons. The van der Waals surface area contributed by atoms with E-state index in [1.165, 1.54) is 0 Å². The van der Waals surface area contributed by atoms with Crippen LogP contribution in [0.15, 0.2) is 30.3 Å². The van der Waals surface area contributed by atoms with Crippen molar-refractivity contribution in [2.45, 2.75) is 33.3 Å². The van der Waals surface area contributed by atoms with Crippen molar-refractivity contribution in [1.29, 1.82) is 0 Å². The molecular weight excluding hydrogens is 238 g/mol. The van der Waals surface area contributed by atoms with Crippen molar-refractivity contribution in [3.63, 3.8) is 0 Å². The first kappa shape index (κ1) is 13.3. The Morgan fingerprint density at radius 3 is 2.21 bits per heavy atom. The van der Waals surface area contributed by atoms with E-state index in [0.717, 1.165) is 17.0 Å². The van der Waals surface area contributed by atoms with Crippen LogP contribution in [0, 0.1) is 6.92 Å². The van der Waals surface area contributed by atoms with Crippen LogP contribution in [0.25, 0.3) is 11.3 Å². The highest BCUT2D eigenvalue weighted by Gasteiger charge is 2.11. The molecule has 0 unspecified atom stereocenters. The van der Waals surface area contributed by atoms with Gasteiger partial charge in [-0.1, -0.05) is 0 Å². The van der Waals surface area contributed by atoms with Crippen molar-refractivity contribution in [1.82, 2.24) is 9.97 Å². The molecule has 0 spiro atoms. The van der Waals surface area contributed by atoms with Crippen LogP contribution in [0.2, 0.25) is 0 Å². The maximum Gasteiger partial charge on any atom is 0.128 e.